The maximum absolute atomic E-state index is 4.20. The lowest BCUT2D eigenvalue weighted by molar-refractivity contribution is 0.438. The molecule has 0 aromatic carbocycles. The highest BCUT2D eigenvalue weighted by atomic mass is 14.9. The Bertz CT molecular complexity index is 324. The van der Waals surface area contributed by atoms with Gasteiger partial charge in [-0.1, -0.05) is 64.9 Å². The van der Waals surface area contributed by atoms with E-state index in [2.05, 4.69) is 30.2 Å². The normalized spacial score (nSPS) is 12.5. The molecule has 1 heterocycles. The van der Waals surface area contributed by atoms with E-state index in [1.165, 1.54) is 63.4 Å². The van der Waals surface area contributed by atoms with Crippen molar-refractivity contribution in [2.75, 3.05) is 6.54 Å². The zero-order valence-corrected chi connectivity index (χ0v) is 14.1. The second-order valence-electron chi connectivity index (χ2n) is 6.06. The summed E-state index contributed by atoms with van der Waals surface area (Å²) in [5.74, 6) is 0. The molecule has 0 saturated heterocycles. The van der Waals surface area contributed by atoms with Crippen molar-refractivity contribution < 1.29 is 0 Å². The maximum Gasteiger partial charge on any atom is 0.0299 e. The van der Waals surface area contributed by atoms with Gasteiger partial charge >= 0.3 is 0 Å². The number of aromatic nitrogens is 1. The predicted octanol–water partition coefficient (Wildman–Crippen LogP) is 5.13. The molecule has 1 unspecified atom stereocenters. The van der Waals surface area contributed by atoms with Gasteiger partial charge in [-0.3, -0.25) is 4.98 Å². The zero-order valence-electron chi connectivity index (χ0n) is 14.1. The first-order valence-electron chi connectivity index (χ1n) is 8.99. The molecule has 0 fully saturated rings. The highest BCUT2D eigenvalue weighted by Gasteiger charge is 2.07. The second-order valence-corrected chi connectivity index (χ2v) is 6.06. The van der Waals surface area contributed by atoms with E-state index in [1.54, 1.807) is 0 Å². The molecule has 0 aliphatic heterocycles. The van der Waals surface area contributed by atoms with Crippen LogP contribution in [0.25, 0.3) is 0 Å². The van der Waals surface area contributed by atoms with Gasteiger partial charge in [0.1, 0.15) is 0 Å². The molecular formula is C19H34N2. The molecule has 0 bridgehead atoms. The summed E-state index contributed by atoms with van der Waals surface area (Å²) >= 11 is 0. The van der Waals surface area contributed by atoms with Crippen LogP contribution in [0.3, 0.4) is 0 Å². The molecule has 2 nitrogen and oxygen atoms in total. The summed E-state index contributed by atoms with van der Waals surface area (Å²) in [5, 5.41) is 3.64. The van der Waals surface area contributed by atoms with Crippen LogP contribution in [0.1, 0.15) is 77.2 Å². The van der Waals surface area contributed by atoms with Gasteiger partial charge in [-0.25, -0.2) is 0 Å². The van der Waals surface area contributed by atoms with Crippen molar-refractivity contribution in [1.29, 1.82) is 0 Å². The Morgan fingerprint density at radius 2 is 1.76 bits per heavy atom. The van der Waals surface area contributed by atoms with Crippen molar-refractivity contribution in [2.24, 2.45) is 0 Å². The minimum absolute atomic E-state index is 0.672. The lowest BCUT2D eigenvalue weighted by Gasteiger charge is -2.17. The number of hydrogen-bond acceptors (Lipinski definition) is 2. The van der Waals surface area contributed by atoms with Gasteiger partial charge in [-0.15, -0.1) is 0 Å². The van der Waals surface area contributed by atoms with E-state index < -0.39 is 0 Å². The molecule has 120 valence electrons. The highest BCUT2D eigenvalue weighted by molar-refractivity contribution is 5.08. The molecule has 2 heteroatoms. The van der Waals surface area contributed by atoms with E-state index in [4.69, 9.17) is 0 Å². The number of nitrogens with zero attached hydrogens (tertiary/aromatic N) is 1. The summed E-state index contributed by atoms with van der Waals surface area (Å²) in [6.07, 6.45) is 17.3. The Hall–Kier alpha value is -0.890. The van der Waals surface area contributed by atoms with Gasteiger partial charge in [0.2, 0.25) is 0 Å². The van der Waals surface area contributed by atoms with E-state index in [-0.39, 0.29) is 0 Å². The summed E-state index contributed by atoms with van der Waals surface area (Å²) in [6.45, 7) is 5.57. The van der Waals surface area contributed by atoms with E-state index in [9.17, 15) is 0 Å². The molecule has 21 heavy (non-hydrogen) atoms. The van der Waals surface area contributed by atoms with Crippen molar-refractivity contribution in [3.8, 4) is 0 Å². The monoisotopic (exact) mass is 290 g/mol. The highest BCUT2D eigenvalue weighted by Crippen LogP contribution is 2.13. The summed E-state index contributed by atoms with van der Waals surface area (Å²) in [4.78, 5) is 4.20. The first kappa shape index (κ1) is 18.2. The molecule has 0 spiro atoms. The number of pyridine rings is 1. The first-order chi connectivity index (χ1) is 10.4. The Kier molecular flexibility index (Phi) is 11.1. The van der Waals surface area contributed by atoms with Crippen LogP contribution in [0.15, 0.2) is 24.5 Å². The Balaban J connectivity index is 2.12. The molecule has 0 saturated carbocycles. The zero-order chi connectivity index (χ0) is 15.2. The molecular weight excluding hydrogens is 256 g/mol. The quantitative estimate of drug-likeness (QED) is 0.509. The largest absolute Gasteiger partial charge is 0.314 e. The van der Waals surface area contributed by atoms with Crippen LogP contribution in [0.5, 0.6) is 0 Å². The molecule has 1 aromatic heterocycles. The number of rotatable bonds is 13. The van der Waals surface area contributed by atoms with Crippen LogP contribution in [0.2, 0.25) is 0 Å². The fourth-order valence-corrected chi connectivity index (χ4v) is 2.87. The van der Waals surface area contributed by atoms with Gasteiger partial charge in [0.15, 0.2) is 0 Å². The fourth-order valence-electron chi connectivity index (χ4n) is 2.87. The van der Waals surface area contributed by atoms with Gasteiger partial charge in [0, 0.05) is 18.4 Å². The molecule has 1 aromatic rings. The summed E-state index contributed by atoms with van der Waals surface area (Å²) in [7, 11) is 0. The Labute approximate surface area is 131 Å². The van der Waals surface area contributed by atoms with E-state index in [0.717, 1.165) is 13.0 Å². The standard InChI is InChI=1S/C19H34N2/c1-3-5-6-7-8-9-10-13-19(21-4-2)15-14-18-12-11-16-20-17-18/h11-12,16-17,19,21H,3-10,13-15H2,1-2H3. The van der Waals surface area contributed by atoms with Crippen LogP contribution >= 0.6 is 0 Å². The minimum atomic E-state index is 0.672. The number of aryl methyl sites for hydroxylation is 1. The maximum atomic E-state index is 4.20. The lowest BCUT2D eigenvalue weighted by atomic mass is 10.00. The number of unbranched alkanes of at least 4 members (excludes halogenated alkanes) is 6. The van der Waals surface area contributed by atoms with Gasteiger partial charge in [0.05, 0.1) is 0 Å². The molecule has 1 atom stereocenters. The third-order valence-electron chi connectivity index (χ3n) is 4.15. The molecule has 0 amide bonds. The average molecular weight is 290 g/mol. The molecule has 1 N–H and O–H groups in total. The van der Waals surface area contributed by atoms with Crippen molar-refractivity contribution in [3.63, 3.8) is 0 Å². The second kappa shape index (κ2) is 12.8. The van der Waals surface area contributed by atoms with Crippen LogP contribution in [0, 0.1) is 0 Å². The number of hydrogen-bond donors (Lipinski definition) is 1. The molecule has 1 rings (SSSR count). The number of nitrogens with one attached hydrogen (secondary N) is 1. The summed E-state index contributed by atoms with van der Waals surface area (Å²) in [6, 6.07) is 4.89. The van der Waals surface area contributed by atoms with Crippen molar-refractivity contribution in [3.05, 3.63) is 30.1 Å². The van der Waals surface area contributed by atoms with Crippen molar-refractivity contribution in [1.82, 2.24) is 10.3 Å². The SMILES string of the molecule is CCCCCCCCCC(CCc1cccnc1)NCC. The third-order valence-corrected chi connectivity index (χ3v) is 4.15. The molecule has 0 aliphatic carbocycles. The van der Waals surface area contributed by atoms with Crippen LogP contribution in [-0.4, -0.2) is 17.6 Å². The summed E-state index contributed by atoms with van der Waals surface area (Å²) < 4.78 is 0. The van der Waals surface area contributed by atoms with Gasteiger partial charge in [-0.05, 0) is 37.4 Å². The lowest BCUT2D eigenvalue weighted by Crippen LogP contribution is -2.29. The molecule has 0 radical (unpaired) electrons. The van der Waals surface area contributed by atoms with Gasteiger partial charge < -0.3 is 5.32 Å². The average Bonchev–Trinajstić information content (AvgIpc) is 2.52. The topological polar surface area (TPSA) is 24.9 Å². The van der Waals surface area contributed by atoms with E-state index in [1.807, 2.05) is 18.5 Å². The third kappa shape index (κ3) is 9.62. The van der Waals surface area contributed by atoms with Crippen molar-refractivity contribution in [2.45, 2.75) is 84.1 Å². The van der Waals surface area contributed by atoms with Crippen LogP contribution in [0.4, 0.5) is 0 Å². The van der Waals surface area contributed by atoms with E-state index in [0.29, 0.717) is 6.04 Å². The first-order valence-corrected chi connectivity index (χ1v) is 8.99. The summed E-state index contributed by atoms with van der Waals surface area (Å²) in [5.41, 5.74) is 1.36. The predicted molar refractivity (Wildman–Crippen MR) is 92.6 cm³/mol. The Morgan fingerprint density at radius 1 is 1.00 bits per heavy atom. The van der Waals surface area contributed by atoms with E-state index >= 15 is 0 Å². The molecule has 0 aliphatic rings. The smallest absolute Gasteiger partial charge is 0.0299 e. The fraction of sp³-hybridized carbons (Fsp3) is 0.737. The van der Waals surface area contributed by atoms with Gasteiger partial charge in [-0.2, -0.15) is 0 Å². The van der Waals surface area contributed by atoms with Crippen molar-refractivity contribution >= 4 is 0 Å². The van der Waals surface area contributed by atoms with Gasteiger partial charge in [0.25, 0.3) is 0 Å². The van der Waals surface area contributed by atoms with Crippen LogP contribution in [-0.2, 0) is 6.42 Å². The van der Waals surface area contributed by atoms with Crippen LogP contribution < -0.4 is 5.32 Å². The Morgan fingerprint density at radius 3 is 2.43 bits per heavy atom. The minimum Gasteiger partial charge on any atom is -0.314 e.